The predicted octanol–water partition coefficient (Wildman–Crippen LogP) is 2.42. The highest BCUT2D eigenvalue weighted by atomic mass is 35.5. The van der Waals surface area contributed by atoms with Gasteiger partial charge in [-0.2, -0.15) is 13.5 Å². The van der Waals surface area contributed by atoms with Crippen LogP contribution in [-0.2, 0) is 10.1 Å². The lowest BCUT2D eigenvalue weighted by atomic mass is 10.2. The summed E-state index contributed by atoms with van der Waals surface area (Å²) in [6, 6.07) is 13.1. The van der Waals surface area contributed by atoms with Crippen LogP contribution in [0.2, 0.25) is 5.02 Å². The fraction of sp³-hybridized carbons (Fsp3) is 0.0667. The summed E-state index contributed by atoms with van der Waals surface area (Å²) in [5.74, 6) is -0.312. The molecule has 2 rings (SSSR count). The highest BCUT2D eigenvalue weighted by molar-refractivity contribution is 7.85. The summed E-state index contributed by atoms with van der Waals surface area (Å²) < 4.78 is 29.6. The van der Waals surface area contributed by atoms with Gasteiger partial charge in [-0.3, -0.25) is 15.2 Å². The number of nitrogens with zero attached hydrogens (tertiary/aromatic N) is 1. The topological polar surface area (TPSA) is 135 Å². The Morgan fingerprint density at radius 2 is 1.80 bits per heavy atom. The van der Waals surface area contributed by atoms with Crippen LogP contribution in [0.25, 0.3) is 0 Å². The van der Waals surface area contributed by atoms with E-state index in [1.165, 1.54) is 18.3 Å². The number of aryl methyl sites for hydroxylation is 1. The Balaban J connectivity index is 0.000000257. The van der Waals surface area contributed by atoms with Crippen LogP contribution < -0.4 is 10.9 Å². The van der Waals surface area contributed by atoms with Gasteiger partial charge in [0.05, 0.1) is 11.1 Å². The smallest absolute Gasteiger partial charge is 0.288 e. The average Bonchev–Trinajstić information content (AvgIpc) is 2.56. The molecular formula is C15H17ClN4O4S. The van der Waals surface area contributed by atoms with Gasteiger partial charge >= 0.3 is 0 Å². The second-order valence-electron chi connectivity index (χ2n) is 4.67. The van der Waals surface area contributed by atoms with E-state index in [1.54, 1.807) is 29.7 Å². The van der Waals surface area contributed by atoms with Gasteiger partial charge in [0.25, 0.3) is 10.1 Å². The summed E-state index contributed by atoms with van der Waals surface area (Å²) in [5.41, 5.74) is 5.52. The molecule has 2 aromatic carbocycles. The Kier molecular flexibility index (Phi) is 8.02. The molecule has 0 saturated carbocycles. The van der Waals surface area contributed by atoms with Crippen LogP contribution in [0.5, 0.6) is 0 Å². The third-order valence-electron chi connectivity index (χ3n) is 2.72. The molecule has 0 amide bonds. The molecule has 2 aromatic rings. The monoisotopic (exact) mass is 384 g/mol. The molecule has 8 nitrogen and oxygen atoms in total. The molecule has 0 aliphatic heterocycles. The summed E-state index contributed by atoms with van der Waals surface area (Å²) in [7, 11) is -4.02. The first kappa shape index (κ1) is 20.6. The fourth-order valence-corrected chi connectivity index (χ4v) is 2.15. The second-order valence-corrected chi connectivity index (χ2v) is 6.50. The molecule has 0 spiro atoms. The van der Waals surface area contributed by atoms with Crippen molar-refractivity contribution in [2.75, 3.05) is 0 Å². The minimum Gasteiger partial charge on any atom is -0.288 e. The number of hydrogen-bond acceptors (Lipinski definition) is 5. The maximum absolute atomic E-state index is 10.5. The van der Waals surface area contributed by atoms with E-state index in [0.29, 0.717) is 5.02 Å². The maximum Gasteiger partial charge on any atom is 0.294 e. The number of hydroxylamine groups is 1. The van der Waals surface area contributed by atoms with Crippen molar-refractivity contribution in [1.29, 1.82) is 5.41 Å². The highest BCUT2D eigenvalue weighted by Gasteiger charge is 2.06. The van der Waals surface area contributed by atoms with Crippen molar-refractivity contribution in [3.8, 4) is 0 Å². The number of guanidine groups is 1. The molecule has 0 aliphatic rings. The molecule has 10 heteroatoms. The third kappa shape index (κ3) is 7.77. The fourth-order valence-electron chi connectivity index (χ4n) is 1.48. The first-order valence-corrected chi connectivity index (χ1v) is 8.62. The summed E-state index contributed by atoms with van der Waals surface area (Å²) in [4.78, 5) is -0.0666. The van der Waals surface area contributed by atoms with Crippen LogP contribution in [0, 0.1) is 12.3 Å². The van der Waals surface area contributed by atoms with E-state index in [2.05, 4.69) is 10.5 Å². The number of hydrogen-bond donors (Lipinski definition) is 5. The van der Waals surface area contributed by atoms with Gasteiger partial charge in [0.15, 0.2) is 0 Å². The van der Waals surface area contributed by atoms with E-state index in [9.17, 15) is 8.42 Å². The second kappa shape index (κ2) is 9.74. The number of halogens is 1. The molecule has 0 atom stereocenters. The molecule has 0 radical (unpaired) electrons. The van der Waals surface area contributed by atoms with Crippen LogP contribution in [0.15, 0.2) is 58.5 Å². The Morgan fingerprint density at radius 3 is 2.32 bits per heavy atom. The number of benzene rings is 2. The first-order chi connectivity index (χ1) is 11.7. The lowest BCUT2D eigenvalue weighted by Gasteiger charge is -1.99. The van der Waals surface area contributed by atoms with E-state index in [1.807, 2.05) is 19.1 Å². The summed E-state index contributed by atoms with van der Waals surface area (Å²) in [5, 5.41) is 19.4. The van der Waals surface area contributed by atoms with E-state index in [-0.39, 0.29) is 10.9 Å². The van der Waals surface area contributed by atoms with Gasteiger partial charge in [-0.1, -0.05) is 47.5 Å². The minimum absolute atomic E-state index is 0.0666. The number of nitrogens with one attached hydrogen (secondary N) is 3. The predicted molar refractivity (Wildman–Crippen MR) is 95.8 cm³/mol. The Labute approximate surface area is 150 Å². The van der Waals surface area contributed by atoms with Crippen molar-refractivity contribution in [3.63, 3.8) is 0 Å². The van der Waals surface area contributed by atoms with Gasteiger partial charge < -0.3 is 0 Å². The molecule has 0 bridgehead atoms. The van der Waals surface area contributed by atoms with E-state index in [0.717, 1.165) is 11.1 Å². The Hall–Kier alpha value is -2.46. The quantitative estimate of drug-likeness (QED) is 0.239. The standard InChI is InChI=1S/C8H9ClN4O.C7H8O3S/c9-7-4-2-1-3-6(7)5-11-12-8(10)13-14;1-6-2-4-7(5-3-6)11(8,9)10/h1-5,14H,(H3,10,12,13);2-5H,1H3,(H,8,9,10). The van der Waals surface area contributed by atoms with Crippen molar-refractivity contribution >= 4 is 33.9 Å². The van der Waals surface area contributed by atoms with Crippen molar-refractivity contribution in [3.05, 3.63) is 64.7 Å². The lowest BCUT2D eigenvalue weighted by molar-refractivity contribution is 0.228. The summed E-state index contributed by atoms with van der Waals surface area (Å²) in [6.07, 6.45) is 1.45. The van der Waals surface area contributed by atoms with Crippen LogP contribution in [0.1, 0.15) is 11.1 Å². The molecule has 0 aliphatic carbocycles. The minimum atomic E-state index is -4.02. The van der Waals surface area contributed by atoms with Crippen molar-refractivity contribution < 1.29 is 18.2 Å². The molecule has 5 N–H and O–H groups in total. The highest BCUT2D eigenvalue weighted by Crippen LogP contribution is 2.12. The van der Waals surface area contributed by atoms with Crippen molar-refractivity contribution in [1.82, 2.24) is 10.9 Å². The van der Waals surface area contributed by atoms with E-state index < -0.39 is 10.1 Å². The molecule has 0 saturated heterocycles. The summed E-state index contributed by atoms with van der Waals surface area (Å²) in [6.45, 7) is 1.84. The van der Waals surface area contributed by atoms with Crippen LogP contribution in [-0.4, -0.2) is 30.4 Å². The normalized spacial score (nSPS) is 10.7. The van der Waals surface area contributed by atoms with E-state index >= 15 is 0 Å². The SMILES string of the molecule is Cc1ccc(S(=O)(=O)O)cc1.N=C(NO)NN=Cc1ccccc1Cl. The molecule has 0 aromatic heterocycles. The molecule has 134 valence electrons. The molecule has 0 fully saturated rings. The number of rotatable bonds is 3. The van der Waals surface area contributed by atoms with Gasteiger partial charge in [-0.15, -0.1) is 0 Å². The zero-order valence-corrected chi connectivity index (χ0v) is 14.7. The zero-order valence-electron chi connectivity index (χ0n) is 13.1. The maximum atomic E-state index is 10.5. The first-order valence-electron chi connectivity index (χ1n) is 6.80. The number of hydrazone groups is 1. The molecule has 0 heterocycles. The summed E-state index contributed by atoms with van der Waals surface area (Å²) >= 11 is 5.84. The lowest BCUT2D eigenvalue weighted by Crippen LogP contribution is -2.30. The third-order valence-corrected chi connectivity index (χ3v) is 3.93. The van der Waals surface area contributed by atoms with Crippen molar-refractivity contribution in [2.24, 2.45) is 5.10 Å². The van der Waals surface area contributed by atoms with Gasteiger partial charge in [0, 0.05) is 10.6 Å². The molecule has 25 heavy (non-hydrogen) atoms. The van der Waals surface area contributed by atoms with Gasteiger partial charge in [-0.25, -0.2) is 10.9 Å². The Morgan fingerprint density at radius 1 is 1.20 bits per heavy atom. The van der Waals surface area contributed by atoms with Crippen LogP contribution in [0.4, 0.5) is 0 Å². The van der Waals surface area contributed by atoms with Crippen LogP contribution >= 0.6 is 11.6 Å². The van der Waals surface area contributed by atoms with Gasteiger partial charge in [0.2, 0.25) is 5.96 Å². The molecule has 0 unspecified atom stereocenters. The molecular weight excluding hydrogens is 368 g/mol. The van der Waals surface area contributed by atoms with Gasteiger partial charge in [0.1, 0.15) is 0 Å². The largest absolute Gasteiger partial charge is 0.294 e. The average molecular weight is 385 g/mol. The van der Waals surface area contributed by atoms with E-state index in [4.69, 9.17) is 26.8 Å². The van der Waals surface area contributed by atoms with Gasteiger partial charge in [-0.05, 0) is 25.1 Å². The zero-order chi connectivity index (χ0) is 18.9. The van der Waals surface area contributed by atoms with Crippen LogP contribution in [0.3, 0.4) is 0 Å². The Bertz CT molecular complexity index is 839. The van der Waals surface area contributed by atoms with Crippen molar-refractivity contribution in [2.45, 2.75) is 11.8 Å².